The molecule has 0 aromatic carbocycles. The van der Waals surface area contributed by atoms with Crippen molar-refractivity contribution in [3.05, 3.63) is 0 Å². The van der Waals surface area contributed by atoms with Gasteiger partial charge in [0.2, 0.25) is 0 Å². The van der Waals surface area contributed by atoms with Crippen LogP contribution in [-0.2, 0) is 28.5 Å². The predicted molar refractivity (Wildman–Crippen MR) is 180 cm³/mol. The summed E-state index contributed by atoms with van der Waals surface area (Å²) in [5, 5.41) is 11.3. The summed E-state index contributed by atoms with van der Waals surface area (Å²) < 4.78 is 21.2. The van der Waals surface area contributed by atoms with Crippen LogP contribution < -0.4 is 5.32 Å². The van der Waals surface area contributed by atoms with Gasteiger partial charge in [0.1, 0.15) is 13.2 Å². The van der Waals surface area contributed by atoms with Crippen LogP contribution in [0.15, 0.2) is 0 Å². The monoisotopic (exact) mass is 644 g/mol. The number of aliphatic hydroxyl groups excluding tert-OH is 1. The molecule has 1 unspecified atom stereocenters. The molecule has 2 N–H and O–H groups in total. The van der Waals surface area contributed by atoms with Gasteiger partial charge in [-0.3, -0.25) is 9.59 Å². The first-order valence-electron chi connectivity index (χ1n) is 18.5. The Kier molecular flexibility index (Phi) is 33.5. The Morgan fingerprint density at radius 3 is 1.44 bits per heavy atom. The molecule has 0 heterocycles. The third-order valence-corrected chi connectivity index (χ3v) is 7.85. The number of esters is 2. The molecule has 0 rings (SSSR count). The Bertz CT molecular complexity index is 675. The lowest BCUT2D eigenvalue weighted by Gasteiger charge is -2.18. The van der Waals surface area contributed by atoms with Crippen LogP contribution in [0.25, 0.3) is 0 Å². The minimum absolute atomic E-state index is 0.0886. The summed E-state index contributed by atoms with van der Waals surface area (Å²) in [5.41, 5.74) is 0. The molecule has 45 heavy (non-hydrogen) atoms. The van der Waals surface area contributed by atoms with Gasteiger partial charge in [-0.15, -0.1) is 0 Å². The fraction of sp³-hybridized carbons (Fsp3) is 0.917. The van der Waals surface area contributed by atoms with E-state index in [-0.39, 0.29) is 57.9 Å². The Morgan fingerprint density at radius 1 is 0.556 bits per heavy atom. The van der Waals surface area contributed by atoms with Gasteiger partial charge in [-0.05, 0) is 12.8 Å². The smallest absolute Gasteiger partial charge is 0.407 e. The van der Waals surface area contributed by atoms with E-state index in [9.17, 15) is 14.4 Å². The number of hydrogen-bond donors (Lipinski definition) is 2. The molecule has 0 fully saturated rings. The highest BCUT2D eigenvalue weighted by molar-refractivity contribution is 5.70. The number of carbonyl (C=O) groups excluding carboxylic acids is 3. The van der Waals surface area contributed by atoms with Gasteiger partial charge in [-0.25, -0.2) is 4.79 Å². The van der Waals surface area contributed by atoms with Crippen molar-refractivity contribution in [2.24, 2.45) is 0 Å². The highest BCUT2D eigenvalue weighted by Crippen LogP contribution is 2.14. The molecule has 0 aromatic rings. The number of ether oxygens (including phenoxy) is 4. The molecule has 1 amide bonds. The number of hydrogen-bond acceptors (Lipinski definition) is 8. The first-order valence-corrected chi connectivity index (χ1v) is 18.5. The van der Waals surface area contributed by atoms with E-state index in [1.165, 1.54) is 103 Å². The van der Waals surface area contributed by atoms with Gasteiger partial charge in [0.05, 0.1) is 19.8 Å². The van der Waals surface area contributed by atoms with Crippen LogP contribution >= 0.6 is 0 Å². The summed E-state index contributed by atoms with van der Waals surface area (Å²) in [4.78, 5) is 36.9. The van der Waals surface area contributed by atoms with Crippen LogP contribution in [0.2, 0.25) is 0 Å². The van der Waals surface area contributed by atoms with Crippen molar-refractivity contribution >= 4 is 18.0 Å². The molecule has 0 aliphatic rings. The molecule has 0 aliphatic carbocycles. The number of amides is 1. The highest BCUT2D eigenvalue weighted by Gasteiger charge is 2.19. The molecule has 0 bridgehead atoms. The van der Waals surface area contributed by atoms with Gasteiger partial charge in [0.15, 0.2) is 6.10 Å². The average Bonchev–Trinajstić information content (AvgIpc) is 3.03. The second-order valence-electron chi connectivity index (χ2n) is 12.2. The molecule has 1 atom stereocenters. The lowest BCUT2D eigenvalue weighted by molar-refractivity contribution is -0.161. The van der Waals surface area contributed by atoms with Crippen molar-refractivity contribution in [3.8, 4) is 0 Å². The first-order chi connectivity index (χ1) is 22.0. The minimum Gasteiger partial charge on any atom is -0.462 e. The Balaban J connectivity index is 4.26. The summed E-state index contributed by atoms with van der Waals surface area (Å²) in [6.45, 7) is 4.68. The van der Waals surface area contributed by atoms with Crippen molar-refractivity contribution < 1.29 is 38.4 Å². The molecular formula is C36H69NO8. The van der Waals surface area contributed by atoms with E-state index in [1.54, 1.807) is 0 Å². The predicted octanol–water partition coefficient (Wildman–Crippen LogP) is 8.58. The molecule has 0 spiro atoms. The van der Waals surface area contributed by atoms with Gasteiger partial charge in [-0.1, -0.05) is 142 Å². The third-order valence-electron chi connectivity index (χ3n) is 7.85. The molecule has 0 radical (unpaired) electrons. The number of rotatable bonds is 34. The maximum atomic E-state index is 12.5. The Hall–Kier alpha value is -1.87. The summed E-state index contributed by atoms with van der Waals surface area (Å²) in [5.74, 6) is -0.707. The second kappa shape index (κ2) is 35.0. The normalized spacial score (nSPS) is 11.7. The van der Waals surface area contributed by atoms with E-state index in [0.29, 0.717) is 6.42 Å². The lowest BCUT2D eigenvalue weighted by Crippen LogP contribution is -2.34. The average molecular weight is 644 g/mol. The number of carbonyl (C=O) groups is 3. The zero-order chi connectivity index (χ0) is 33.1. The van der Waals surface area contributed by atoms with Gasteiger partial charge >= 0.3 is 18.0 Å². The van der Waals surface area contributed by atoms with E-state index in [2.05, 4.69) is 19.2 Å². The highest BCUT2D eigenvalue weighted by atomic mass is 16.6. The maximum absolute atomic E-state index is 12.5. The molecular weight excluding hydrogens is 574 g/mol. The first kappa shape index (κ1) is 43.1. The van der Waals surface area contributed by atoms with Gasteiger partial charge in [0.25, 0.3) is 0 Å². The zero-order valence-corrected chi connectivity index (χ0v) is 29.1. The second-order valence-corrected chi connectivity index (χ2v) is 12.2. The fourth-order valence-corrected chi connectivity index (χ4v) is 5.10. The van der Waals surface area contributed by atoms with E-state index >= 15 is 0 Å². The summed E-state index contributed by atoms with van der Waals surface area (Å²) in [6.07, 6.45) is 25.5. The summed E-state index contributed by atoms with van der Waals surface area (Å²) >= 11 is 0. The molecule has 0 saturated heterocycles. The fourth-order valence-electron chi connectivity index (χ4n) is 5.10. The zero-order valence-electron chi connectivity index (χ0n) is 29.1. The summed E-state index contributed by atoms with van der Waals surface area (Å²) in [7, 11) is 0. The lowest BCUT2D eigenvalue weighted by atomic mass is 10.1. The number of unbranched alkanes of at least 4 members (excludes halogenated alkanes) is 20. The quantitative estimate of drug-likeness (QED) is 0.0406. The van der Waals surface area contributed by atoms with E-state index in [1.807, 2.05) is 0 Å². The summed E-state index contributed by atoms with van der Waals surface area (Å²) in [6, 6.07) is 0. The van der Waals surface area contributed by atoms with Crippen LogP contribution in [-0.4, -0.2) is 68.8 Å². The Morgan fingerprint density at radius 2 is 0.978 bits per heavy atom. The SMILES string of the molecule is CCCCCCCCCCCCCC(=O)OCC(COC(=O)NCCOCCO)OC(=O)CCCCCCCCCCCCC. The van der Waals surface area contributed by atoms with Gasteiger partial charge in [0, 0.05) is 19.4 Å². The minimum atomic E-state index is -0.858. The van der Waals surface area contributed by atoms with Crippen LogP contribution in [0.5, 0.6) is 0 Å². The number of alkyl carbamates (subject to hydrolysis) is 1. The molecule has 9 nitrogen and oxygen atoms in total. The topological polar surface area (TPSA) is 120 Å². The maximum Gasteiger partial charge on any atom is 0.407 e. The largest absolute Gasteiger partial charge is 0.462 e. The molecule has 0 aromatic heterocycles. The van der Waals surface area contributed by atoms with Crippen LogP contribution in [0.1, 0.15) is 168 Å². The van der Waals surface area contributed by atoms with Crippen LogP contribution in [0.3, 0.4) is 0 Å². The van der Waals surface area contributed by atoms with E-state index < -0.39 is 12.2 Å². The van der Waals surface area contributed by atoms with Crippen molar-refractivity contribution in [2.45, 2.75) is 174 Å². The van der Waals surface area contributed by atoms with Crippen molar-refractivity contribution in [3.63, 3.8) is 0 Å². The Labute approximate surface area is 275 Å². The standard InChI is InChI=1S/C36H69NO8/c1-3-5-7-9-11-13-15-17-19-21-23-25-34(39)43-31-33(32-44-36(41)37-27-29-42-30-28-38)45-35(40)26-24-22-20-18-16-14-12-10-8-6-4-2/h33,38H,3-32H2,1-2H3,(H,37,41). The molecule has 266 valence electrons. The van der Waals surface area contributed by atoms with Crippen molar-refractivity contribution in [1.29, 1.82) is 0 Å². The van der Waals surface area contributed by atoms with E-state index in [4.69, 9.17) is 24.1 Å². The molecule has 9 heteroatoms. The third kappa shape index (κ3) is 33.3. The van der Waals surface area contributed by atoms with Crippen molar-refractivity contribution in [1.82, 2.24) is 5.32 Å². The van der Waals surface area contributed by atoms with Gasteiger partial charge < -0.3 is 29.4 Å². The van der Waals surface area contributed by atoms with E-state index in [0.717, 1.165) is 38.5 Å². The van der Waals surface area contributed by atoms with Crippen LogP contribution in [0.4, 0.5) is 4.79 Å². The molecule has 0 aliphatic heterocycles. The number of aliphatic hydroxyl groups is 1. The molecule has 0 saturated carbocycles. The van der Waals surface area contributed by atoms with Crippen LogP contribution in [0, 0.1) is 0 Å². The van der Waals surface area contributed by atoms with Gasteiger partial charge in [-0.2, -0.15) is 0 Å². The van der Waals surface area contributed by atoms with Crippen molar-refractivity contribution in [2.75, 3.05) is 39.6 Å². The number of nitrogens with one attached hydrogen (secondary N) is 1.